The standard InChI is InChI=1S/C12H14N6/c1-9-11(17-18-16-9)3-2-5-14-12-7-10(8-13)4-6-15-12/h4,6-7H,2-3,5H2,1H3,(H,14,15)(H,16,17,18). The van der Waals surface area contributed by atoms with E-state index in [1.165, 1.54) is 0 Å². The summed E-state index contributed by atoms with van der Waals surface area (Å²) in [6.07, 6.45) is 3.43. The van der Waals surface area contributed by atoms with E-state index in [0.29, 0.717) is 5.56 Å². The van der Waals surface area contributed by atoms with E-state index in [9.17, 15) is 0 Å². The lowest BCUT2D eigenvalue weighted by molar-refractivity contribution is 0.817. The maximum Gasteiger partial charge on any atom is 0.127 e. The van der Waals surface area contributed by atoms with E-state index in [1.54, 1.807) is 18.3 Å². The molecule has 2 heterocycles. The molecule has 0 aliphatic carbocycles. The molecule has 0 amide bonds. The summed E-state index contributed by atoms with van der Waals surface area (Å²) in [5, 5.41) is 22.6. The molecule has 0 radical (unpaired) electrons. The molecular formula is C12H14N6. The number of nitrogens with zero attached hydrogens (tertiary/aromatic N) is 4. The summed E-state index contributed by atoms with van der Waals surface area (Å²) in [5.74, 6) is 0.728. The van der Waals surface area contributed by atoms with Crippen LogP contribution in [0.3, 0.4) is 0 Å². The van der Waals surface area contributed by atoms with Gasteiger partial charge < -0.3 is 5.32 Å². The van der Waals surface area contributed by atoms with Gasteiger partial charge in [0.05, 0.1) is 23.0 Å². The average Bonchev–Trinajstić information content (AvgIpc) is 2.81. The van der Waals surface area contributed by atoms with Crippen LogP contribution in [0.1, 0.15) is 23.4 Å². The van der Waals surface area contributed by atoms with Crippen molar-refractivity contribution in [2.75, 3.05) is 11.9 Å². The van der Waals surface area contributed by atoms with Crippen molar-refractivity contribution in [2.24, 2.45) is 0 Å². The van der Waals surface area contributed by atoms with Gasteiger partial charge in [0, 0.05) is 12.7 Å². The number of nitrogens with one attached hydrogen (secondary N) is 2. The van der Waals surface area contributed by atoms with Gasteiger partial charge in [-0.15, -0.1) is 0 Å². The number of aryl methyl sites for hydroxylation is 2. The van der Waals surface area contributed by atoms with E-state index in [1.807, 2.05) is 6.92 Å². The average molecular weight is 242 g/mol. The zero-order valence-corrected chi connectivity index (χ0v) is 10.1. The molecule has 92 valence electrons. The van der Waals surface area contributed by atoms with Gasteiger partial charge in [-0.3, -0.25) is 0 Å². The van der Waals surface area contributed by atoms with Crippen molar-refractivity contribution in [2.45, 2.75) is 19.8 Å². The zero-order chi connectivity index (χ0) is 12.8. The summed E-state index contributed by atoms with van der Waals surface area (Å²) in [6, 6.07) is 5.51. The first kappa shape index (κ1) is 12.0. The highest BCUT2D eigenvalue weighted by atomic mass is 15.3. The molecule has 0 aromatic carbocycles. The Morgan fingerprint density at radius 3 is 3.06 bits per heavy atom. The minimum absolute atomic E-state index is 0.611. The van der Waals surface area contributed by atoms with Gasteiger partial charge in [-0.25, -0.2) is 4.98 Å². The topological polar surface area (TPSA) is 90.3 Å². The van der Waals surface area contributed by atoms with E-state index in [0.717, 1.165) is 36.6 Å². The Morgan fingerprint density at radius 2 is 2.33 bits per heavy atom. The Labute approximate surface area is 105 Å². The first-order valence-electron chi connectivity index (χ1n) is 5.76. The van der Waals surface area contributed by atoms with Gasteiger partial charge in [-0.1, -0.05) is 0 Å². The number of nitriles is 1. The molecule has 0 atom stereocenters. The van der Waals surface area contributed by atoms with Crippen LogP contribution in [0.15, 0.2) is 18.3 Å². The van der Waals surface area contributed by atoms with Crippen molar-refractivity contribution in [3.05, 3.63) is 35.3 Å². The highest BCUT2D eigenvalue weighted by molar-refractivity contribution is 5.42. The minimum Gasteiger partial charge on any atom is -0.370 e. The lowest BCUT2D eigenvalue weighted by Gasteiger charge is -2.04. The van der Waals surface area contributed by atoms with Crippen molar-refractivity contribution in [1.82, 2.24) is 20.4 Å². The van der Waals surface area contributed by atoms with Gasteiger partial charge in [0.2, 0.25) is 0 Å². The Hall–Kier alpha value is -2.42. The SMILES string of the molecule is Cc1n[nH]nc1CCCNc1cc(C#N)ccn1. The molecule has 2 N–H and O–H groups in total. The molecule has 0 aliphatic heterocycles. The van der Waals surface area contributed by atoms with Crippen LogP contribution in [0.5, 0.6) is 0 Å². The van der Waals surface area contributed by atoms with Crippen molar-refractivity contribution in [3.63, 3.8) is 0 Å². The number of anilines is 1. The molecule has 2 aromatic heterocycles. The second-order valence-corrected chi connectivity index (χ2v) is 3.93. The van der Waals surface area contributed by atoms with E-state index in [-0.39, 0.29) is 0 Å². The van der Waals surface area contributed by atoms with Crippen LogP contribution in [-0.2, 0) is 6.42 Å². The van der Waals surface area contributed by atoms with E-state index in [2.05, 4.69) is 31.8 Å². The number of aromatic nitrogens is 4. The fraction of sp³-hybridized carbons (Fsp3) is 0.333. The van der Waals surface area contributed by atoms with Gasteiger partial charge in [0.15, 0.2) is 0 Å². The second-order valence-electron chi connectivity index (χ2n) is 3.93. The highest BCUT2D eigenvalue weighted by Gasteiger charge is 2.02. The van der Waals surface area contributed by atoms with Gasteiger partial charge in [-0.05, 0) is 31.9 Å². The molecular weight excluding hydrogens is 228 g/mol. The van der Waals surface area contributed by atoms with E-state index in [4.69, 9.17) is 5.26 Å². The Kier molecular flexibility index (Phi) is 3.86. The summed E-state index contributed by atoms with van der Waals surface area (Å²) in [5.41, 5.74) is 2.55. The normalized spacial score (nSPS) is 10.0. The molecule has 0 bridgehead atoms. The molecule has 0 spiro atoms. The van der Waals surface area contributed by atoms with Crippen LogP contribution in [-0.4, -0.2) is 26.9 Å². The molecule has 0 aliphatic rings. The van der Waals surface area contributed by atoms with Crippen LogP contribution < -0.4 is 5.32 Å². The van der Waals surface area contributed by atoms with Gasteiger partial charge >= 0.3 is 0 Å². The van der Waals surface area contributed by atoms with Crippen LogP contribution in [0.4, 0.5) is 5.82 Å². The predicted octanol–water partition coefficient (Wildman–Crippen LogP) is 1.42. The third-order valence-corrected chi connectivity index (χ3v) is 2.61. The smallest absolute Gasteiger partial charge is 0.127 e. The second kappa shape index (κ2) is 5.77. The van der Waals surface area contributed by atoms with E-state index >= 15 is 0 Å². The number of H-pyrrole nitrogens is 1. The molecule has 0 fully saturated rings. The highest BCUT2D eigenvalue weighted by Crippen LogP contribution is 2.07. The fourth-order valence-electron chi connectivity index (χ4n) is 1.61. The number of rotatable bonds is 5. The summed E-state index contributed by atoms with van der Waals surface area (Å²) in [4.78, 5) is 4.14. The number of hydrogen-bond donors (Lipinski definition) is 2. The molecule has 2 rings (SSSR count). The van der Waals surface area contributed by atoms with Crippen LogP contribution in [0, 0.1) is 18.3 Å². The third kappa shape index (κ3) is 3.04. The molecule has 6 nitrogen and oxygen atoms in total. The van der Waals surface area contributed by atoms with Crippen molar-refractivity contribution < 1.29 is 0 Å². The molecule has 0 saturated heterocycles. The quantitative estimate of drug-likeness (QED) is 0.774. The van der Waals surface area contributed by atoms with Crippen LogP contribution in [0.2, 0.25) is 0 Å². The molecule has 6 heteroatoms. The van der Waals surface area contributed by atoms with Gasteiger partial charge in [0.25, 0.3) is 0 Å². The summed E-state index contributed by atoms with van der Waals surface area (Å²) in [7, 11) is 0. The lowest BCUT2D eigenvalue weighted by Crippen LogP contribution is -2.05. The van der Waals surface area contributed by atoms with Crippen molar-refractivity contribution in [3.8, 4) is 6.07 Å². The monoisotopic (exact) mass is 242 g/mol. The van der Waals surface area contributed by atoms with Crippen LogP contribution >= 0.6 is 0 Å². The maximum atomic E-state index is 8.76. The summed E-state index contributed by atoms with van der Waals surface area (Å²) in [6.45, 7) is 2.72. The van der Waals surface area contributed by atoms with Crippen LogP contribution in [0.25, 0.3) is 0 Å². The maximum absolute atomic E-state index is 8.76. The lowest BCUT2D eigenvalue weighted by atomic mass is 10.2. The van der Waals surface area contributed by atoms with E-state index < -0.39 is 0 Å². The number of aromatic amines is 1. The molecule has 0 unspecified atom stereocenters. The largest absolute Gasteiger partial charge is 0.370 e. The Bertz CT molecular complexity index is 554. The summed E-state index contributed by atoms with van der Waals surface area (Å²) >= 11 is 0. The molecule has 2 aromatic rings. The minimum atomic E-state index is 0.611. The zero-order valence-electron chi connectivity index (χ0n) is 10.1. The predicted molar refractivity (Wildman–Crippen MR) is 66.9 cm³/mol. The summed E-state index contributed by atoms with van der Waals surface area (Å²) < 4.78 is 0. The molecule has 18 heavy (non-hydrogen) atoms. The Morgan fingerprint density at radius 1 is 1.44 bits per heavy atom. The van der Waals surface area contributed by atoms with Crippen molar-refractivity contribution >= 4 is 5.82 Å². The number of pyridine rings is 1. The first-order chi connectivity index (χ1) is 8.79. The first-order valence-corrected chi connectivity index (χ1v) is 5.76. The number of hydrogen-bond acceptors (Lipinski definition) is 5. The van der Waals surface area contributed by atoms with Crippen molar-refractivity contribution in [1.29, 1.82) is 5.26 Å². The Balaban J connectivity index is 1.79. The van der Waals surface area contributed by atoms with Gasteiger partial charge in [0.1, 0.15) is 5.82 Å². The molecule has 0 saturated carbocycles. The third-order valence-electron chi connectivity index (χ3n) is 2.61. The van der Waals surface area contributed by atoms with Gasteiger partial charge in [-0.2, -0.15) is 20.7 Å². The fourth-order valence-corrected chi connectivity index (χ4v) is 1.61.